The molecule has 0 amide bonds. The Morgan fingerprint density at radius 2 is 1.90 bits per heavy atom. The summed E-state index contributed by atoms with van der Waals surface area (Å²) in [4.78, 5) is 0.161. The summed E-state index contributed by atoms with van der Waals surface area (Å²) in [6.45, 7) is 2.04. The Bertz CT molecular complexity index is 551. The lowest BCUT2D eigenvalue weighted by molar-refractivity contribution is 0.322. The molecule has 1 aromatic carbocycles. The quantitative estimate of drug-likeness (QED) is 0.779. The molecule has 1 aliphatic carbocycles. The lowest BCUT2D eigenvalue weighted by Gasteiger charge is -2.29. The van der Waals surface area contributed by atoms with E-state index in [9.17, 15) is 8.42 Å². The Morgan fingerprint density at radius 3 is 2.50 bits per heavy atom. The van der Waals surface area contributed by atoms with E-state index in [2.05, 4.69) is 5.32 Å². The molecule has 0 bridgehead atoms. The minimum Gasteiger partial charge on any atom is -0.328 e. The van der Waals surface area contributed by atoms with Gasteiger partial charge in [0.15, 0.2) is 0 Å². The van der Waals surface area contributed by atoms with Crippen LogP contribution in [0.4, 0.5) is 0 Å². The monoisotopic (exact) mass is 297 g/mol. The second-order valence-electron chi connectivity index (χ2n) is 5.62. The van der Waals surface area contributed by atoms with Crippen LogP contribution in [0.5, 0.6) is 0 Å². The lowest BCUT2D eigenvalue weighted by Crippen LogP contribution is -2.38. The first-order chi connectivity index (χ1) is 9.36. The molecule has 112 valence electrons. The zero-order valence-electron chi connectivity index (χ0n) is 11.7. The van der Waals surface area contributed by atoms with Crippen LogP contribution in [0.15, 0.2) is 29.2 Å². The highest BCUT2D eigenvalue weighted by Gasteiger charge is 2.20. The molecule has 0 aliphatic heterocycles. The van der Waals surface area contributed by atoms with E-state index in [1.165, 1.54) is 6.07 Å². The summed E-state index contributed by atoms with van der Waals surface area (Å²) < 4.78 is 22.8. The van der Waals surface area contributed by atoms with Crippen molar-refractivity contribution in [2.75, 3.05) is 0 Å². The third kappa shape index (κ3) is 4.02. The molecular formula is C14H23N3O2S. The molecule has 0 radical (unpaired) electrons. The summed E-state index contributed by atoms with van der Waals surface area (Å²) >= 11 is 0. The second kappa shape index (κ2) is 6.22. The first-order valence-electron chi connectivity index (χ1n) is 7.00. The molecule has 2 rings (SSSR count). The molecule has 1 unspecified atom stereocenters. The van der Waals surface area contributed by atoms with Gasteiger partial charge in [-0.05, 0) is 50.3 Å². The van der Waals surface area contributed by atoms with Crippen LogP contribution in [0.25, 0.3) is 0 Å². The van der Waals surface area contributed by atoms with Crippen molar-refractivity contribution in [1.82, 2.24) is 5.32 Å². The molecule has 5 N–H and O–H groups in total. The Kier molecular flexibility index (Phi) is 4.80. The first kappa shape index (κ1) is 15.4. The molecule has 20 heavy (non-hydrogen) atoms. The molecule has 1 aliphatic rings. The summed E-state index contributed by atoms with van der Waals surface area (Å²) in [7, 11) is -3.64. The van der Waals surface area contributed by atoms with Gasteiger partial charge in [-0.1, -0.05) is 12.1 Å². The fourth-order valence-electron chi connectivity index (χ4n) is 2.70. The standard InChI is InChI=1S/C14H23N3O2S/c1-10(17-13-7-5-12(15)6-8-13)11-3-2-4-14(9-11)20(16,18)19/h2-4,9-10,12-13,17H,5-8,15H2,1H3,(H2,16,18,19). The molecule has 0 saturated heterocycles. The van der Waals surface area contributed by atoms with Gasteiger partial charge < -0.3 is 11.1 Å². The Morgan fingerprint density at radius 1 is 1.25 bits per heavy atom. The maximum absolute atomic E-state index is 11.4. The van der Waals surface area contributed by atoms with Crippen molar-refractivity contribution in [3.63, 3.8) is 0 Å². The van der Waals surface area contributed by atoms with Crippen molar-refractivity contribution in [1.29, 1.82) is 0 Å². The van der Waals surface area contributed by atoms with E-state index in [1.54, 1.807) is 12.1 Å². The van der Waals surface area contributed by atoms with E-state index in [0.717, 1.165) is 31.2 Å². The number of benzene rings is 1. The number of sulfonamides is 1. The zero-order valence-corrected chi connectivity index (χ0v) is 12.6. The third-order valence-electron chi connectivity index (χ3n) is 3.94. The topological polar surface area (TPSA) is 98.2 Å². The fraction of sp³-hybridized carbons (Fsp3) is 0.571. The van der Waals surface area contributed by atoms with Gasteiger partial charge in [-0.25, -0.2) is 13.6 Å². The van der Waals surface area contributed by atoms with Crippen molar-refractivity contribution in [2.24, 2.45) is 10.9 Å². The number of nitrogens with two attached hydrogens (primary N) is 2. The number of hydrogen-bond acceptors (Lipinski definition) is 4. The van der Waals surface area contributed by atoms with Crippen molar-refractivity contribution in [2.45, 2.75) is 55.6 Å². The van der Waals surface area contributed by atoms with Crippen LogP contribution >= 0.6 is 0 Å². The highest BCUT2D eigenvalue weighted by molar-refractivity contribution is 7.89. The van der Waals surface area contributed by atoms with Crippen LogP contribution in [0.3, 0.4) is 0 Å². The van der Waals surface area contributed by atoms with Crippen LogP contribution < -0.4 is 16.2 Å². The third-order valence-corrected chi connectivity index (χ3v) is 4.86. The molecule has 5 nitrogen and oxygen atoms in total. The van der Waals surface area contributed by atoms with E-state index < -0.39 is 10.0 Å². The van der Waals surface area contributed by atoms with Gasteiger partial charge in [-0.2, -0.15) is 0 Å². The zero-order chi connectivity index (χ0) is 14.8. The average Bonchev–Trinajstić information content (AvgIpc) is 2.40. The average molecular weight is 297 g/mol. The molecule has 0 heterocycles. The maximum Gasteiger partial charge on any atom is 0.238 e. The maximum atomic E-state index is 11.4. The largest absolute Gasteiger partial charge is 0.328 e. The minimum absolute atomic E-state index is 0.0935. The smallest absolute Gasteiger partial charge is 0.238 e. The van der Waals surface area contributed by atoms with Gasteiger partial charge in [0.1, 0.15) is 0 Å². The Labute approximate surface area is 120 Å². The van der Waals surface area contributed by atoms with Gasteiger partial charge in [0.05, 0.1) is 4.90 Å². The molecule has 0 aromatic heterocycles. The van der Waals surface area contributed by atoms with Crippen LogP contribution in [-0.2, 0) is 10.0 Å². The van der Waals surface area contributed by atoms with Gasteiger partial charge in [0.2, 0.25) is 10.0 Å². The van der Waals surface area contributed by atoms with Gasteiger partial charge in [-0.3, -0.25) is 0 Å². The SMILES string of the molecule is CC(NC1CCC(N)CC1)c1cccc(S(N)(=O)=O)c1. The van der Waals surface area contributed by atoms with E-state index in [4.69, 9.17) is 10.9 Å². The normalized spacial score (nSPS) is 25.4. The molecule has 1 aromatic rings. The van der Waals surface area contributed by atoms with Crippen LogP contribution in [0.2, 0.25) is 0 Å². The minimum atomic E-state index is -3.64. The molecule has 1 fully saturated rings. The molecular weight excluding hydrogens is 274 g/mol. The summed E-state index contributed by atoms with van der Waals surface area (Å²) in [5, 5.41) is 8.71. The van der Waals surface area contributed by atoms with E-state index >= 15 is 0 Å². The Balaban J connectivity index is 2.04. The van der Waals surface area contributed by atoms with Crippen molar-refractivity contribution >= 4 is 10.0 Å². The first-order valence-corrected chi connectivity index (χ1v) is 8.55. The molecule has 1 saturated carbocycles. The second-order valence-corrected chi connectivity index (χ2v) is 7.18. The highest BCUT2D eigenvalue weighted by atomic mass is 32.2. The lowest BCUT2D eigenvalue weighted by atomic mass is 9.91. The highest BCUT2D eigenvalue weighted by Crippen LogP contribution is 2.22. The van der Waals surface area contributed by atoms with Gasteiger partial charge in [0, 0.05) is 18.1 Å². The Hall–Kier alpha value is -0.950. The van der Waals surface area contributed by atoms with Gasteiger partial charge >= 0.3 is 0 Å². The van der Waals surface area contributed by atoms with E-state index in [0.29, 0.717) is 12.1 Å². The predicted octanol–water partition coefficient (Wildman–Crippen LogP) is 1.25. The van der Waals surface area contributed by atoms with E-state index in [1.807, 2.05) is 13.0 Å². The van der Waals surface area contributed by atoms with Gasteiger partial charge in [0.25, 0.3) is 0 Å². The summed E-state index contributed by atoms with van der Waals surface area (Å²) in [5.41, 5.74) is 6.83. The number of rotatable bonds is 4. The van der Waals surface area contributed by atoms with Crippen molar-refractivity contribution < 1.29 is 8.42 Å². The number of primary sulfonamides is 1. The van der Waals surface area contributed by atoms with Crippen LogP contribution in [0, 0.1) is 0 Å². The molecule has 6 heteroatoms. The summed E-state index contributed by atoms with van der Waals surface area (Å²) in [6, 6.07) is 7.67. The molecule has 0 spiro atoms. The predicted molar refractivity (Wildman–Crippen MR) is 79.6 cm³/mol. The van der Waals surface area contributed by atoms with Crippen LogP contribution in [-0.4, -0.2) is 20.5 Å². The van der Waals surface area contributed by atoms with Crippen molar-refractivity contribution in [3.8, 4) is 0 Å². The van der Waals surface area contributed by atoms with E-state index in [-0.39, 0.29) is 10.9 Å². The van der Waals surface area contributed by atoms with Crippen molar-refractivity contribution in [3.05, 3.63) is 29.8 Å². The fourth-order valence-corrected chi connectivity index (χ4v) is 3.27. The summed E-state index contributed by atoms with van der Waals surface area (Å²) in [6.07, 6.45) is 4.23. The number of nitrogens with one attached hydrogen (secondary N) is 1. The summed E-state index contributed by atoms with van der Waals surface area (Å²) in [5.74, 6) is 0. The van der Waals surface area contributed by atoms with Crippen LogP contribution in [0.1, 0.15) is 44.2 Å². The van der Waals surface area contributed by atoms with Gasteiger partial charge in [-0.15, -0.1) is 0 Å². The number of hydrogen-bond donors (Lipinski definition) is 3. The molecule has 1 atom stereocenters.